The molecule has 0 aliphatic heterocycles. The molecule has 0 aromatic heterocycles. The first kappa shape index (κ1) is 93.4. The third-order valence-electron chi connectivity index (χ3n) is 13.1. The number of carbonyl (C=O) groups is 5. The van der Waals surface area contributed by atoms with Crippen LogP contribution in [-0.4, -0.2) is 101 Å². The van der Waals surface area contributed by atoms with Crippen molar-refractivity contribution in [2.24, 2.45) is 41.4 Å². The Hall–Kier alpha value is 0.697. The van der Waals surface area contributed by atoms with Gasteiger partial charge in [0.1, 0.15) is 0 Å². The zero-order chi connectivity index (χ0) is 62.4. The van der Waals surface area contributed by atoms with Crippen molar-refractivity contribution in [3.63, 3.8) is 0 Å². The van der Waals surface area contributed by atoms with E-state index in [2.05, 4.69) is 149 Å². The third-order valence-corrected chi connectivity index (χ3v) is 16.4. The average Bonchev–Trinajstić information content (AvgIpc) is 3.39. The van der Waals surface area contributed by atoms with Crippen LogP contribution in [0.15, 0.2) is 0 Å². The number of thiol groups is 5. The minimum absolute atomic E-state index is 0.230. The number of carboxylic acid groups (broad SMARTS) is 5. The van der Waals surface area contributed by atoms with Gasteiger partial charge in [-0.05, 0) is 73.2 Å². The summed E-state index contributed by atoms with van der Waals surface area (Å²) in [6.45, 7) is 24.0. The Morgan fingerprint density at radius 1 is 0.380 bits per heavy atom. The first-order valence-corrected chi connectivity index (χ1v) is 41.3. The Bertz CT molecular complexity index is 1180. The van der Waals surface area contributed by atoms with E-state index >= 15 is 0 Å². The van der Waals surface area contributed by atoms with Gasteiger partial charge in [0, 0.05) is 39.5 Å². The van der Waals surface area contributed by atoms with Gasteiger partial charge in [-0.1, -0.05) is 198 Å². The van der Waals surface area contributed by atoms with Crippen molar-refractivity contribution in [1.82, 2.24) is 0 Å². The van der Waals surface area contributed by atoms with E-state index in [0.29, 0.717) is 42.6 Å². The molecule has 0 spiro atoms. The van der Waals surface area contributed by atoms with E-state index < -0.39 is 45.6 Å². The van der Waals surface area contributed by atoms with Crippen LogP contribution in [0.25, 0.3) is 0 Å². The molecule has 0 rings (SSSR count). The van der Waals surface area contributed by atoms with Crippen molar-refractivity contribution in [3.8, 4) is 0 Å². The van der Waals surface area contributed by atoms with Crippen LogP contribution in [0.1, 0.15) is 275 Å². The van der Waals surface area contributed by atoms with Crippen molar-refractivity contribution in [3.05, 3.63) is 0 Å². The summed E-state index contributed by atoms with van der Waals surface area (Å²) in [4.78, 5) is 56.8. The Kier molecular flexibility index (Phi) is 86.2. The van der Waals surface area contributed by atoms with Gasteiger partial charge in [0.05, 0.1) is 17.9 Å². The van der Waals surface area contributed by atoms with Crippen molar-refractivity contribution in [1.29, 1.82) is 0 Å². The van der Waals surface area contributed by atoms with Gasteiger partial charge in [-0.3, -0.25) is 0 Å². The molecule has 0 aliphatic rings. The molecule has 0 aromatic carbocycles. The Labute approximate surface area is 539 Å². The quantitative estimate of drug-likeness (QED) is 0.0222. The normalized spacial score (nSPS) is 13.2. The summed E-state index contributed by atoms with van der Waals surface area (Å²) >= 11 is 21.7. The Morgan fingerprint density at radius 2 is 0.620 bits per heavy atom. The summed E-state index contributed by atoms with van der Waals surface area (Å²) in [7, 11) is 0. The predicted octanol–water partition coefficient (Wildman–Crippen LogP) is 12.4. The summed E-state index contributed by atoms with van der Waals surface area (Å²) in [6, 6.07) is 0. The van der Waals surface area contributed by atoms with Gasteiger partial charge in [0.2, 0.25) is 0 Å². The predicted molar refractivity (Wildman–Crippen MR) is 349 cm³/mol. The number of unbranched alkanes of at least 4 members (excludes halogenated alkanes) is 13. The molecule has 0 aromatic rings. The zero-order valence-corrected chi connectivity index (χ0v) is 62.8. The van der Waals surface area contributed by atoms with Gasteiger partial charge < -0.3 is 49.5 Å². The molecule has 10 nitrogen and oxygen atoms in total. The van der Waals surface area contributed by atoms with Crippen LogP contribution >= 0.6 is 63.1 Å². The average molecular weight is 1430 g/mol. The van der Waals surface area contributed by atoms with Gasteiger partial charge in [0.25, 0.3) is 0 Å². The number of carbonyl (C=O) groups excluding carboxylic acids is 5. The molecule has 0 saturated carbocycles. The molecule has 468 valence electrons. The van der Waals surface area contributed by atoms with E-state index in [4.69, 9.17) is 0 Å². The van der Waals surface area contributed by atoms with Crippen LogP contribution in [0.5, 0.6) is 0 Å². The maximum absolute atomic E-state index is 10.7. The van der Waals surface area contributed by atoms with Crippen LogP contribution in [0.2, 0.25) is 14.3 Å². The standard InChI is InChI=1S/2C11H22O2S.3C10H20O2S.C8H17.2CH3.2Sn/c2*1-3-5-6-9(4-2)7-10(8-14)11(12)13;3*1-8(2)6-4-3-5-7-9(13)10(11)12;1-3-5-7-8-6-4-2;;;;/h2*9-10,14H,3-8H2,1-2H3,(H,12,13);3*8-9,13H,3-7H2,1-2H3,(H,11,12);1,3-8H2,2H3;2*1H3;;/q;;;;;;;;+2;+3/p-5. The van der Waals surface area contributed by atoms with E-state index in [-0.39, 0.29) is 33.0 Å². The van der Waals surface area contributed by atoms with Crippen molar-refractivity contribution in [2.75, 3.05) is 11.5 Å². The minimum atomic E-state index is -1.05. The van der Waals surface area contributed by atoms with Gasteiger partial charge in [0.15, 0.2) is 0 Å². The van der Waals surface area contributed by atoms with Gasteiger partial charge in [-0.2, -0.15) is 63.1 Å². The second-order valence-corrected chi connectivity index (χ2v) is 29.2. The molecule has 0 saturated heterocycles. The van der Waals surface area contributed by atoms with E-state index in [1.165, 1.54) is 107 Å². The second kappa shape index (κ2) is 73.0. The van der Waals surface area contributed by atoms with E-state index in [9.17, 15) is 49.5 Å². The maximum atomic E-state index is 10.7. The number of aliphatic carboxylic acids is 5. The second-order valence-electron chi connectivity index (χ2n) is 22.3. The first-order chi connectivity index (χ1) is 37.2. The summed E-state index contributed by atoms with van der Waals surface area (Å²) in [5.41, 5.74) is 0. The summed E-state index contributed by atoms with van der Waals surface area (Å²) < 4.78 is 1.46. The van der Waals surface area contributed by atoms with E-state index in [0.717, 1.165) is 94.8 Å². The Balaban J connectivity index is -0.000000156. The molecule has 0 radical (unpaired) electrons. The SMILES string of the molecule is CC(C)CCCCCC(S)C(=O)[O-].CC(C)CCCCCC(S)C(=O)[O-].CC(C)CCCCCC(S)C(=O)[O-].CCCCC(CC)CC(CS)C(=O)[O-].CCCCC(CC)CC(CS)C(=O)[O-].CCCCCCC[CH2][Sn+3].[CH3][Sn+2][CH3]. The number of carboxylic acids is 5. The number of hydrogen-bond acceptors (Lipinski definition) is 15. The molecule has 0 amide bonds. The third kappa shape index (κ3) is 83.0. The molecule has 17 heteroatoms. The molecule has 0 heterocycles. The van der Waals surface area contributed by atoms with Crippen LogP contribution < -0.4 is 25.5 Å². The van der Waals surface area contributed by atoms with Crippen molar-refractivity contribution in [2.45, 2.75) is 305 Å². The molecular formula is C62H122O10S5Sn2. The summed E-state index contributed by atoms with van der Waals surface area (Å²) in [6.07, 6.45) is 34.5. The monoisotopic (exact) mass is 1430 g/mol. The van der Waals surface area contributed by atoms with Crippen LogP contribution in [-0.2, 0) is 24.0 Å². The van der Waals surface area contributed by atoms with Gasteiger partial charge in [-0.15, -0.1) is 0 Å². The van der Waals surface area contributed by atoms with Crippen LogP contribution in [0, 0.1) is 41.4 Å². The number of hydrogen-bond donors (Lipinski definition) is 5. The topological polar surface area (TPSA) is 201 Å². The molecule has 0 aliphatic carbocycles. The van der Waals surface area contributed by atoms with Crippen LogP contribution in [0.4, 0.5) is 0 Å². The van der Waals surface area contributed by atoms with Gasteiger partial charge in [-0.25, -0.2) is 0 Å². The van der Waals surface area contributed by atoms with Crippen molar-refractivity contribution >= 4 is 137 Å². The molecule has 79 heavy (non-hydrogen) atoms. The van der Waals surface area contributed by atoms with E-state index in [1.54, 1.807) is 22.5 Å². The molecule has 0 fully saturated rings. The fourth-order valence-corrected chi connectivity index (χ4v) is 9.58. The van der Waals surface area contributed by atoms with Gasteiger partial charge >= 0.3 is 103 Å². The molecule has 0 N–H and O–H groups in total. The van der Waals surface area contributed by atoms with E-state index in [1.807, 2.05) is 0 Å². The summed E-state index contributed by atoms with van der Waals surface area (Å²) in [5, 5.41) is 50.5. The first-order valence-electron chi connectivity index (χ1n) is 30.8. The molecule has 0 bridgehead atoms. The van der Waals surface area contributed by atoms with Crippen LogP contribution in [0.3, 0.4) is 0 Å². The van der Waals surface area contributed by atoms with Crippen molar-refractivity contribution < 1.29 is 49.5 Å². The fraction of sp³-hybridized carbons (Fsp3) is 0.919. The Morgan fingerprint density at radius 3 is 0.823 bits per heavy atom. The summed E-state index contributed by atoms with van der Waals surface area (Å²) in [5.74, 6) is -1.74. The fourth-order valence-electron chi connectivity index (χ4n) is 7.72. The number of rotatable bonds is 43. The molecule has 7 atom stereocenters. The molecule has 7 unspecified atom stereocenters. The molecular weight excluding hydrogens is 1300 g/mol. The zero-order valence-electron chi connectivity index (χ0n) is 52.6.